The van der Waals surface area contributed by atoms with Crippen LogP contribution >= 0.6 is 12.2 Å². The number of rotatable bonds is 5. The summed E-state index contributed by atoms with van der Waals surface area (Å²) in [5, 5.41) is 11.1. The Kier molecular flexibility index (Phi) is 4.25. The van der Waals surface area contributed by atoms with Crippen molar-refractivity contribution in [3.05, 3.63) is 47.8 Å². The maximum atomic E-state index is 5.70. The fraction of sp³-hybridized carbons (Fsp3) is 0.154. The second-order valence-electron chi connectivity index (χ2n) is 3.84. The average molecular weight is 274 g/mol. The van der Waals surface area contributed by atoms with Crippen molar-refractivity contribution in [1.29, 1.82) is 0 Å². The van der Waals surface area contributed by atoms with E-state index < -0.39 is 0 Å². The summed E-state index contributed by atoms with van der Waals surface area (Å²) >= 11 is 5.03. The Hall–Kier alpha value is -2.21. The maximum absolute atomic E-state index is 5.70. The molecule has 0 aliphatic heterocycles. The highest BCUT2D eigenvalue weighted by atomic mass is 32.1. The van der Waals surface area contributed by atoms with Crippen LogP contribution in [-0.2, 0) is 6.54 Å². The fourth-order valence-electron chi connectivity index (χ4n) is 1.62. The first-order valence-corrected chi connectivity index (χ1v) is 6.10. The van der Waals surface area contributed by atoms with Crippen LogP contribution in [0.4, 0.5) is 5.69 Å². The molecule has 0 saturated carbocycles. The van der Waals surface area contributed by atoms with E-state index in [2.05, 4.69) is 15.5 Å². The number of hydrogen-bond donors (Lipinski definition) is 2. The molecule has 0 radical (unpaired) electrons. The molecule has 2 rings (SSSR count). The van der Waals surface area contributed by atoms with Gasteiger partial charge in [0.2, 0.25) is 0 Å². The van der Waals surface area contributed by atoms with E-state index in [1.54, 1.807) is 13.3 Å². The Morgan fingerprint density at radius 1 is 1.42 bits per heavy atom. The molecule has 1 aromatic carbocycles. The van der Waals surface area contributed by atoms with Crippen molar-refractivity contribution in [3.63, 3.8) is 0 Å². The second-order valence-corrected chi connectivity index (χ2v) is 4.28. The second kappa shape index (κ2) is 6.10. The largest absolute Gasteiger partial charge is 0.497 e. The molecule has 0 spiro atoms. The smallest absolute Gasteiger partial charge is 0.120 e. The van der Waals surface area contributed by atoms with Gasteiger partial charge in [0.15, 0.2) is 0 Å². The summed E-state index contributed by atoms with van der Waals surface area (Å²) in [5.41, 5.74) is 8.12. The minimum atomic E-state index is 0.337. The lowest BCUT2D eigenvalue weighted by Gasteiger charge is -2.12. The quantitative estimate of drug-likeness (QED) is 0.809. The lowest BCUT2D eigenvalue weighted by molar-refractivity contribution is 0.415. The van der Waals surface area contributed by atoms with Gasteiger partial charge in [0.1, 0.15) is 10.7 Å². The standard InChI is InChI=1S/C13H14N4OS/c1-18-10-4-5-11(13(14)19)12(7-10)15-8-9-3-2-6-16-17-9/h2-7,15H,8H2,1H3,(H2,14,19). The first kappa shape index (κ1) is 13.2. The average Bonchev–Trinajstić information content (AvgIpc) is 2.45. The van der Waals surface area contributed by atoms with Gasteiger partial charge in [-0.05, 0) is 24.3 Å². The summed E-state index contributed by atoms with van der Waals surface area (Å²) in [5.74, 6) is 0.738. The van der Waals surface area contributed by atoms with Crippen molar-refractivity contribution < 1.29 is 4.74 Å². The van der Waals surface area contributed by atoms with E-state index in [4.69, 9.17) is 22.7 Å². The molecule has 0 bridgehead atoms. The summed E-state index contributed by atoms with van der Waals surface area (Å²) < 4.78 is 5.19. The van der Waals surface area contributed by atoms with Crippen LogP contribution in [0.2, 0.25) is 0 Å². The van der Waals surface area contributed by atoms with Gasteiger partial charge in [-0.25, -0.2) is 0 Å². The summed E-state index contributed by atoms with van der Waals surface area (Å²) in [6.45, 7) is 0.538. The van der Waals surface area contributed by atoms with Crippen LogP contribution in [-0.4, -0.2) is 22.3 Å². The lowest BCUT2D eigenvalue weighted by atomic mass is 10.1. The molecule has 6 heteroatoms. The van der Waals surface area contributed by atoms with Crippen molar-refractivity contribution >= 4 is 22.9 Å². The van der Waals surface area contributed by atoms with Gasteiger partial charge in [-0.3, -0.25) is 0 Å². The van der Waals surface area contributed by atoms with E-state index in [-0.39, 0.29) is 0 Å². The van der Waals surface area contributed by atoms with Crippen LogP contribution in [0.15, 0.2) is 36.5 Å². The van der Waals surface area contributed by atoms with Gasteiger partial charge in [-0.2, -0.15) is 10.2 Å². The minimum Gasteiger partial charge on any atom is -0.497 e. The van der Waals surface area contributed by atoms with Gasteiger partial charge >= 0.3 is 0 Å². The van der Waals surface area contributed by atoms with Gasteiger partial charge < -0.3 is 15.8 Å². The van der Waals surface area contributed by atoms with Crippen molar-refractivity contribution in [2.45, 2.75) is 6.54 Å². The molecule has 2 aromatic rings. The zero-order chi connectivity index (χ0) is 13.7. The van der Waals surface area contributed by atoms with Crippen molar-refractivity contribution in [2.24, 2.45) is 5.73 Å². The highest BCUT2D eigenvalue weighted by Gasteiger charge is 2.07. The van der Waals surface area contributed by atoms with E-state index in [1.165, 1.54) is 0 Å². The zero-order valence-electron chi connectivity index (χ0n) is 10.5. The lowest BCUT2D eigenvalue weighted by Crippen LogP contribution is -2.13. The molecule has 0 unspecified atom stereocenters. The third-order valence-electron chi connectivity index (χ3n) is 2.58. The highest BCUT2D eigenvalue weighted by Crippen LogP contribution is 2.23. The summed E-state index contributed by atoms with van der Waals surface area (Å²) in [6, 6.07) is 9.23. The molecule has 0 saturated heterocycles. The molecule has 0 atom stereocenters. The molecule has 19 heavy (non-hydrogen) atoms. The van der Waals surface area contributed by atoms with Gasteiger partial charge in [0, 0.05) is 23.5 Å². The molecule has 0 aliphatic carbocycles. The molecule has 1 aromatic heterocycles. The Labute approximate surface area is 116 Å². The predicted octanol–water partition coefficient (Wildman–Crippen LogP) is 1.73. The fourth-order valence-corrected chi connectivity index (χ4v) is 1.80. The van der Waals surface area contributed by atoms with Crippen LogP contribution in [0, 0.1) is 0 Å². The van der Waals surface area contributed by atoms with Crippen molar-refractivity contribution in [2.75, 3.05) is 12.4 Å². The van der Waals surface area contributed by atoms with E-state index in [9.17, 15) is 0 Å². The van der Waals surface area contributed by atoms with E-state index in [0.29, 0.717) is 11.5 Å². The number of hydrogen-bond acceptors (Lipinski definition) is 5. The minimum absolute atomic E-state index is 0.337. The van der Waals surface area contributed by atoms with Gasteiger partial charge in [-0.1, -0.05) is 12.2 Å². The number of nitrogens with zero attached hydrogens (tertiary/aromatic N) is 2. The van der Waals surface area contributed by atoms with Crippen molar-refractivity contribution in [1.82, 2.24) is 10.2 Å². The Morgan fingerprint density at radius 2 is 2.26 bits per heavy atom. The molecular weight excluding hydrogens is 260 g/mol. The summed E-state index contributed by atoms with van der Waals surface area (Å²) in [4.78, 5) is 0.337. The number of nitrogens with two attached hydrogens (primary N) is 1. The predicted molar refractivity (Wildman–Crippen MR) is 78.2 cm³/mol. The number of anilines is 1. The molecule has 0 aliphatic rings. The normalized spacial score (nSPS) is 9.95. The van der Waals surface area contributed by atoms with Crippen LogP contribution < -0.4 is 15.8 Å². The molecular formula is C13H14N4OS. The summed E-state index contributed by atoms with van der Waals surface area (Å²) in [7, 11) is 1.61. The molecule has 98 valence electrons. The molecule has 0 amide bonds. The first-order valence-electron chi connectivity index (χ1n) is 5.69. The van der Waals surface area contributed by atoms with Gasteiger partial charge in [0.25, 0.3) is 0 Å². The van der Waals surface area contributed by atoms with Gasteiger partial charge in [0.05, 0.1) is 19.3 Å². The molecule has 1 heterocycles. The number of methoxy groups -OCH3 is 1. The third-order valence-corrected chi connectivity index (χ3v) is 2.80. The summed E-state index contributed by atoms with van der Waals surface area (Å²) in [6.07, 6.45) is 1.63. The number of nitrogens with one attached hydrogen (secondary N) is 1. The number of ether oxygens (including phenoxy) is 1. The van der Waals surface area contributed by atoms with Crippen LogP contribution in [0.25, 0.3) is 0 Å². The van der Waals surface area contributed by atoms with E-state index in [1.807, 2.05) is 30.3 Å². The van der Waals surface area contributed by atoms with Crippen LogP contribution in [0.1, 0.15) is 11.3 Å². The number of benzene rings is 1. The SMILES string of the molecule is COc1ccc(C(N)=S)c(NCc2cccnn2)c1. The molecule has 0 fully saturated rings. The third kappa shape index (κ3) is 3.38. The molecule has 5 nitrogen and oxygen atoms in total. The van der Waals surface area contributed by atoms with E-state index in [0.717, 1.165) is 22.7 Å². The zero-order valence-corrected chi connectivity index (χ0v) is 11.3. The van der Waals surface area contributed by atoms with E-state index >= 15 is 0 Å². The highest BCUT2D eigenvalue weighted by molar-refractivity contribution is 7.80. The van der Waals surface area contributed by atoms with Crippen molar-refractivity contribution in [3.8, 4) is 5.75 Å². The number of aromatic nitrogens is 2. The topological polar surface area (TPSA) is 73.1 Å². The Bertz CT molecular complexity index is 574. The molecule has 3 N–H and O–H groups in total. The first-order chi connectivity index (χ1) is 9.20. The van der Waals surface area contributed by atoms with Crippen LogP contribution in [0.5, 0.6) is 5.75 Å². The Balaban J connectivity index is 2.20. The number of thiocarbonyl (C=S) groups is 1. The maximum Gasteiger partial charge on any atom is 0.120 e. The Morgan fingerprint density at radius 3 is 2.89 bits per heavy atom. The monoisotopic (exact) mass is 274 g/mol. The van der Waals surface area contributed by atoms with Crippen LogP contribution in [0.3, 0.4) is 0 Å². The van der Waals surface area contributed by atoms with Gasteiger partial charge in [-0.15, -0.1) is 0 Å².